The number of amides is 3. The van der Waals surface area contributed by atoms with E-state index in [9.17, 15) is 14.4 Å². The van der Waals surface area contributed by atoms with Crippen LogP contribution in [0.1, 0.15) is 70.2 Å². The summed E-state index contributed by atoms with van der Waals surface area (Å²) in [6.07, 6.45) is 9.56. The van der Waals surface area contributed by atoms with Gasteiger partial charge in [-0.1, -0.05) is 13.8 Å². The maximum absolute atomic E-state index is 13.7. The Morgan fingerprint density at radius 1 is 1.16 bits per heavy atom. The van der Waals surface area contributed by atoms with Gasteiger partial charge in [0.15, 0.2) is 0 Å². The van der Waals surface area contributed by atoms with E-state index < -0.39 is 11.6 Å². The fraction of sp³-hybridized carbons (Fsp3) is 0.714. The zero-order valence-corrected chi connectivity index (χ0v) is 23.5. The number of hydrogen-bond donors (Lipinski definition) is 3. The predicted octanol–water partition coefficient (Wildman–Crippen LogP) is 3.44. The zero-order valence-electron chi connectivity index (χ0n) is 23.5. The standard InChI is InChI=1S/C28H43N5O5/c1-16(2)15-38-26-22(14-30-33(26)8-7-28(3,4)32-27(36)37-6)25(35)31-23-19-10-17-9-18(12-19)21(23)13-20(11-17)24(34)29-5/h7-8,14,16-21,23H,9-13,15H2,1-6H3,(H,29,34)(H,31,35)(H,32,36)/b8-7+/t17?,18?,19?,20-,21?,23?/m0/s1. The van der Waals surface area contributed by atoms with Gasteiger partial charge in [-0.15, -0.1) is 0 Å². The minimum Gasteiger partial charge on any atom is -0.477 e. The molecule has 6 atom stereocenters. The molecule has 38 heavy (non-hydrogen) atoms. The average molecular weight is 530 g/mol. The van der Waals surface area contributed by atoms with Crippen LogP contribution in [0.4, 0.5) is 4.79 Å². The molecule has 0 aromatic carbocycles. The largest absolute Gasteiger partial charge is 0.477 e. The van der Waals surface area contributed by atoms with Crippen LogP contribution in [0.15, 0.2) is 12.3 Å². The summed E-state index contributed by atoms with van der Waals surface area (Å²) in [7, 11) is 3.02. The van der Waals surface area contributed by atoms with Crippen molar-refractivity contribution in [2.24, 2.45) is 35.5 Å². The van der Waals surface area contributed by atoms with Gasteiger partial charge in [0.25, 0.3) is 5.91 Å². The van der Waals surface area contributed by atoms with Crippen LogP contribution in [-0.2, 0) is 9.53 Å². The summed E-state index contributed by atoms with van der Waals surface area (Å²) in [6.45, 7) is 8.17. The van der Waals surface area contributed by atoms with Gasteiger partial charge < -0.3 is 25.4 Å². The Balaban J connectivity index is 1.54. The van der Waals surface area contributed by atoms with Gasteiger partial charge in [-0.2, -0.15) is 5.10 Å². The van der Waals surface area contributed by atoms with Crippen molar-refractivity contribution in [1.29, 1.82) is 0 Å². The fourth-order valence-corrected chi connectivity index (χ4v) is 6.67. The van der Waals surface area contributed by atoms with E-state index in [4.69, 9.17) is 9.47 Å². The highest BCUT2D eigenvalue weighted by Crippen LogP contribution is 2.54. The van der Waals surface area contributed by atoms with E-state index in [1.807, 2.05) is 27.7 Å². The topological polar surface area (TPSA) is 124 Å². The maximum atomic E-state index is 13.7. The number of alkyl carbamates (subject to hydrolysis) is 1. The van der Waals surface area contributed by atoms with Crippen LogP contribution in [0.5, 0.6) is 5.88 Å². The van der Waals surface area contributed by atoms with E-state index in [2.05, 4.69) is 21.0 Å². The van der Waals surface area contributed by atoms with Crippen molar-refractivity contribution in [2.75, 3.05) is 20.8 Å². The van der Waals surface area contributed by atoms with Gasteiger partial charge in [0.2, 0.25) is 11.8 Å². The molecular weight excluding hydrogens is 486 g/mol. The SMILES string of the molecule is CNC(=O)[C@H]1CC2CC3CC(C2)C(NC(=O)c2cnn(/C=C/C(C)(C)NC(=O)OC)c2OCC(C)C)C3C1. The molecule has 3 N–H and O–H groups in total. The van der Waals surface area contributed by atoms with Crippen LogP contribution >= 0.6 is 0 Å². The molecule has 3 saturated carbocycles. The third-order valence-electron chi connectivity index (χ3n) is 8.33. The van der Waals surface area contributed by atoms with Gasteiger partial charge in [-0.05, 0) is 81.6 Å². The van der Waals surface area contributed by atoms with Crippen molar-refractivity contribution in [3.05, 3.63) is 17.8 Å². The van der Waals surface area contributed by atoms with E-state index in [0.29, 0.717) is 41.7 Å². The molecule has 0 saturated heterocycles. The molecule has 1 aromatic rings. The van der Waals surface area contributed by atoms with Crippen LogP contribution in [0.25, 0.3) is 6.20 Å². The van der Waals surface area contributed by atoms with Crippen LogP contribution in [0, 0.1) is 35.5 Å². The molecule has 5 unspecified atom stereocenters. The van der Waals surface area contributed by atoms with Gasteiger partial charge in [0, 0.05) is 25.2 Å². The molecule has 0 radical (unpaired) electrons. The number of carbonyl (C=O) groups is 3. The molecule has 3 bridgehead atoms. The molecule has 3 aliphatic carbocycles. The summed E-state index contributed by atoms with van der Waals surface area (Å²) < 4.78 is 12.3. The number of nitrogens with zero attached hydrogens (tertiary/aromatic N) is 2. The Morgan fingerprint density at radius 3 is 2.58 bits per heavy atom. The van der Waals surface area contributed by atoms with Crippen molar-refractivity contribution in [1.82, 2.24) is 25.7 Å². The summed E-state index contributed by atoms with van der Waals surface area (Å²) in [5.41, 5.74) is -0.331. The molecule has 4 rings (SSSR count). The lowest BCUT2D eigenvalue weighted by Crippen LogP contribution is -2.44. The fourth-order valence-electron chi connectivity index (χ4n) is 6.67. The van der Waals surface area contributed by atoms with Crippen molar-refractivity contribution in [3.8, 4) is 5.88 Å². The number of carbonyl (C=O) groups excluding carboxylic acids is 3. The summed E-state index contributed by atoms with van der Waals surface area (Å²) >= 11 is 0. The van der Waals surface area contributed by atoms with Crippen LogP contribution in [0.2, 0.25) is 0 Å². The summed E-state index contributed by atoms with van der Waals surface area (Å²) in [4.78, 5) is 37.9. The Hall–Kier alpha value is -3.04. The Labute approximate surface area is 225 Å². The molecule has 210 valence electrons. The van der Waals surface area contributed by atoms with Crippen molar-refractivity contribution in [2.45, 2.75) is 71.4 Å². The third-order valence-corrected chi connectivity index (χ3v) is 8.33. The molecule has 3 fully saturated rings. The summed E-state index contributed by atoms with van der Waals surface area (Å²) in [5.74, 6) is 2.41. The van der Waals surface area contributed by atoms with Crippen LogP contribution in [-0.4, -0.2) is 60.0 Å². The number of rotatable bonds is 9. The molecule has 10 nitrogen and oxygen atoms in total. The lowest BCUT2D eigenvalue weighted by Gasteiger charge is -2.32. The molecule has 0 aliphatic heterocycles. The van der Waals surface area contributed by atoms with E-state index in [0.717, 1.165) is 32.1 Å². The molecule has 1 heterocycles. The minimum absolute atomic E-state index is 0.0122. The van der Waals surface area contributed by atoms with Gasteiger partial charge >= 0.3 is 6.09 Å². The quantitative estimate of drug-likeness (QED) is 0.450. The highest BCUT2D eigenvalue weighted by molar-refractivity contribution is 5.96. The lowest BCUT2D eigenvalue weighted by atomic mass is 9.77. The first-order chi connectivity index (χ1) is 18.0. The number of fused-ring (bicyclic) bond motifs is 2. The average Bonchev–Trinajstić information content (AvgIpc) is 3.33. The van der Waals surface area contributed by atoms with Gasteiger partial charge in [-0.25, -0.2) is 9.48 Å². The third kappa shape index (κ3) is 6.15. The second-order valence-corrected chi connectivity index (χ2v) is 12.2. The highest BCUT2D eigenvalue weighted by Gasteiger charge is 2.52. The van der Waals surface area contributed by atoms with E-state index >= 15 is 0 Å². The smallest absolute Gasteiger partial charge is 0.407 e. The molecule has 3 aliphatic rings. The Kier molecular flexibility index (Phi) is 8.37. The number of aromatic nitrogens is 2. The van der Waals surface area contributed by atoms with Gasteiger partial charge in [-0.3, -0.25) is 9.59 Å². The number of hydrogen-bond acceptors (Lipinski definition) is 6. The maximum Gasteiger partial charge on any atom is 0.407 e. The van der Waals surface area contributed by atoms with Crippen molar-refractivity contribution in [3.63, 3.8) is 0 Å². The molecule has 3 amide bonds. The zero-order chi connectivity index (χ0) is 27.6. The normalized spacial score (nSPS) is 28.3. The van der Waals surface area contributed by atoms with Gasteiger partial charge in [0.05, 0.1) is 25.5 Å². The first kappa shape index (κ1) is 28.0. The molecular formula is C28H43N5O5. The highest BCUT2D eigenvalue weighted by atomic mass is 16.5. The second-order valence-electron chi connectivity index (χ2n) is 12.2. The molecule has 1 aromatic heterocycles. The van der Waals surface area contributed by atoms with E-state index in [-0.39, 0.29) is 29.7 Å². The number of nitrogens with one attached hydrogen (secondary N) is 3. The van der Waals surface area contributed by atoms with Crippen LogP contribution in [0.3, 0.4) is 0 Å². The summed E-state index contributed by atoms with van der Waals surface area (Å²) in [5, 5.41) is 13.3. The van der Waals surface area contributed by atoms with E-state index in [1.54, 1.807) is 19.3 Å². The van der Waals surface area contributed by atoms with Crippen LogP contribution < -0.4 is 20.7 Å². The number of ether oxygens (including phenoxy) is 2. The predicted molar refractivity (Wildman–Crippen MR) is 143 cm³/mol. The van der Waals surface area contributed by atoms with Gasteiger partial charge in [0.1, 0.15) is 5.56 Å². The first-order valence-electron chi connectivity index (χ1n) is 13.8. The molecule has 10 heteroatoms. The minimum atomic E-state index is -0.711. The lowest BCUT2D eigenvalue weighted by molar-refractivity contribution is -0.125. The number of methoxy groups -OCH3 is 1. The summed E-state index contributed by atoms with van der Waals surface area (Å²) in [6, 6.07) is 0.0463. The Morgan fingerprint density at radius 2 is 1.89 bits per heavy atom. The van der Waals surface area contributed by atoms with Crippen molar-refractivity contribution < 1.29 is 23.9 Å². The van der Waals surface area contributed by atoms with Crippen molar-refractivity contribution >= 4 is 24.1 Å². The van der Waals surface area contributed by atoms with E-state index in [1.165, 1.54) is 18.0 Å². The monoisotopic (exact) mass is 529 g/mol. The first-order valence-corrected chi connectivity index (χ1v) is 13.8. The molecule has 0 spiro atoms. The Bertz CT molecular complexity index is 1060. The second kappa shape index (κ2) is 11.4.